The normalized spacial score (nSPS) is 15.3. The van der Waals surface area contributed by atoms with E-state index in [1.54, 1.807) is 0 Å². The minimum absolute atomic E-state index is 0.241. The van der Waals surface area contributed by atoms with Gasteiger partial charge < -0.3 is 0 Å². The van der Waals surface area contributed by atoms with Crippen molar-refractivity contribution >= 4 is 5.78 Å². The lowest BCUT2D eigenvalue weighted by molar-refractivity contribution is 0.0943. The number of rotatable bonds is 5. The Morgan fingerprint density at radius 3 is 2.65 bits per heavy atom. The molecular weight excluding hydrogens is 210 g/mol. The summed E-state index contributed by atoms with van der Waals surface area (Å²) in [4.78, 5) is 14.3. The fraction of sp³-hybridized carbons (Fsp3) is 0.533. The van der Waals surface area contributed by atoms with Crippen LogP contribution < -0.4 is 0 Å². The number of likely N-dealkylation sites (N-methyl/N-ethyl adjacent to an activating group) is 1. The molecule has 1 saturated carbocycles. The zero-order valence-electron chi connectivity index (χ0n) is 11.0. The molecule has 2 rings (SSSR count). The standard InChI is InChI=1S/C15H21NO/c1-11-4-7-14(12(2)8-11)15(17)10-16(3)9-13-5-6-13/h4,7-8,13H,5-6,9-10H2,1-3H3. The second-order valence-corrected chi connectivity index (χ2v) is 5.38. The van der Waals surface area contributed by atoms with E-state index in [1.807, 2.05) is 26.1 Å². The van der Waals surface area contributed by atoms with E-state index < -0.39 is 0 Å². The van der Waals surface area contributed by atoms with Crippen molar-refractivity contribution in [3.63, 3.8) is 0 Å². The van der Waals surface area contributed by atoms with E-state index in [2.05, 4.69) is 17.9 Å². The smallest absolute Gasteiger partial charge is 0.177 e. The Balaban J connectivity index is 1.98. The molecule has 0 amide bonds. The van der Waals surface area contributed by atoms with Crippen LogP contribution >= 0.6 is 0 Å². The average Bonchev–Trinajstić information content (AvgIpc) is 3.00. The molecule has 0 bridgehead atoms. The van der Waals surface area contributed by atoms with Gasteiger partial charge in [-0.3, -0.25) is 9.69 Å². The number of ketones is 1. The maximum Gasteiger partial charge on any atom is 0.177 e. The van der Waals surface area contributed by atoms with Gasteiger partial charge in [0.25, 0.3) is 0 Å². The second kappa shape index (κ2) is 5.01. The molecule has 0 saturated heterocycles. The molecule has 0 unspecified atom stereocenters. The van der Waals surface area contributed by atoms with Crippen molar-refractivity contribution in [3.05, 3.63) is 34.9 Å². The van der Waals surface area contributed by atoms with Gasteiger partial charge in [-0.15, -0.1) is 0 Å². The molecule has 0 aliphatic heterocycles. The van der Waals surface area contributed by atoms with Gasteiger partial charge in [-0.05, 0) is 45.2 Å². The Kier molecular flexibility index (Phi) is 3.63. The van der Waals surface area contributed by atoms with Crippen molar-refractivity contribution in [3.8, 4) is 0 Å². The van der Waals surface area contributed by atoms with Crippen molar-refractivity contribution in [2.75, 3.05) is 20.1 Å². The first kappa shape index (κ1) is 12.3. The van der Waals surface area contributed by atoms with Gasteiger partial charge in [0.15, 0.2) is 5.78 Å². The third kappa shape index (κ3) is 3.40. The minimum Gasteiger partial charge on any atom is -0.299 e. The van der Waals surface area contributed by atoms with Crippen LogP contribution in [0, 0.1) is 19.8 Å². The molecule has 1 aliphatic rings. The highest BCUT2D eigenvalue weighted by molar-refractivity contribution is 5.98. The summed E-state index contributed by atoms with van der Waals surface area (Å²) in [7, 11) is 2.04. The van der Waals surface area contributed by atoms with Crippen molar-refractivity contribution in [2.45, 2.75) is 26.7 Å². The molecule has 1 aromatic rings. The molecule has 0 heterocycles. The van der Waals surface area contributed by atoms with E-state index in [1.165, 1.54) is 18.4 Å². The lowest BCUT2D eigenvalue weighted by Crippen LogP contribution is -2.28. The van der Waals surface area contributed by atoms with Crippen LogP contribution in [0.25, 0.3) is 0 Å². The van der Waals surface area contributed by atoms with Gasteiger partial charge in [0, 0.05) is 12.1 Å². The van der Waals surface area contributed by atoms with Crippen LogP contribution in [0.1, 0.15) is 34.3 Å². The molecule has 17 heavy (non-hydrogen) atoms. The number of nitrogens with zero attached hydrogens (tertiary/aromatic N) is 1. The summed E-state index contributed by atoms with van der Waals surface area (Å²) in [5.41, 5.74) is 3.18. The van der Waals surface area contributed by atoms with Crippen LogP contribution in [0.5, 0.6) is 0 Å². The molecule has 2 heteroatoms. The summed E-state index contributed by atoms with van der Waals surface area (Å²) in [6, 6.07) is 6.05. The molecule has 92 valence electrons. The number of hydrogen-bond acceptors (Lipinski definition) is 2. The first-order valence-electron chi connectivity index (χ1n) is 6.35. The number of Topliss-reactive ketones (excluding diaryl/α,β-unsaturated/α-hetero) is 1. The monoisotopic (exact) mass is 231 g/mol. The minimum atomic E-state index is 0.241. The highest BCUT2D eigenvalue weighted by atomic mass is 16.1. The molecule has 1 aromatic carbocycles. The van der Waals surface area contributed by atoms with E-state index in [9.17, 15) is 4.79 Å². The van der Waals surface area contributed by atoms with Crippen LogP contribution in [-0.4, -0.2) is 30.8 Å². The van der Waals surface area contributed by atoms with Crippen LogP contribution in [0.15, 0.2) is 18.2 Å². The fourth-order valence-corrected chi connectivity index (χ4v) is 2.26. The van der Waals surface area contributed by atoms with Gasteiger partial charge in [-0.1, -0.05) is 23.8 Å². The van der Waals surface area contributed by atoms with Gasteiger partial charge in [0.2, 0.25) is 0 Å². The predicted octanol–water partition coefficient (Wildman–Crippen LogP) is 2.83. The summed E-state index contributed by atoms with van der Waals surface area (Å²) < 4.78 is 0. The maximum atomic E-state index is 12.1. The topological polar surface area (TPSA) is 20.3 Å². The summed E-state index contributed by atoms with van der Waals surface area (Å²) in [6.07, 6.45) is 2.67. The summed E-state index contributed by atoms with van der Waals surface area (Å²) >= 11 is 0. The highest BCUT2D eigenvalue weighted by Crippen LogP contribution is 2.29. The second-order valence-electron chi connectivity index (χ2n) is 5.38. The fourth-order valence-electron chi connectivity index (χ4n) is 2.26. The number of benzene rings is 1. The summed E-state index contributed by atoms with van der Waals surface area (Å²) in [5.74, 6) is 1.08. The van der Waals surface area contributed by atoms with Crippen molar-refractivity contribution < 1.29 is 4.79 Å². The van der Waals surface area contributed by atoms with Crippen LogP contribution in [0.4, 0.5) is 0 Å². The van der Waals surface area contributed by atoms with Crippen molar-refractivity contribution in [2.24, 2.45) is 5.92 Å². The third-order valence-corrected chi connectivity index (χ3v) is 3.36. The lowest BCUT2D eigenvalue weighted by Gasteiger charge is -2.16. The van der Waals surface area contributed by atoms with Crippen molar-refractivity contribution in [1.29, 1.82) is 0 Å². The predicted molar refractivity (Wildman–Crippen MR) is 70.5 cm³/mol. The van der Waals surface area contributed by atoms with Gasteiger partial charge in [0.05, 0.1) is 6.54 Å². The zero-order chi connectivity index (χ0) is 12.4. The van der Waals surface area contributed by atoms with Gasteiger partial charge >= 0.3 is 0 Å². The molecule has 0 spiro atoms. The van der Waals surface area contributed by atoms with Gasteiger partial charge in [-0.25, -0.2) is 0 Å². The largest absolute Gasteiger partial charge is 0.299 e. The zero-order valence-corrected chi connectivity index (χ0v) is 11.0. The van der Waals surface area contributed by atoms with E-state index in [0.29, 0.717) is 6.54 Å². The Morgan fingerprint density at radius 2 is 2.06 bits per heavy atom. The summed E-state index contributed by atoms with van der Waals surface area (Å²) in [5, 5.41) is 0. The highest BCUT2D eigenvalue weighted by Gasteiger charge is 2.23. The van der Waals surface area contributed by atoms with E-state index >= 15 is 0 Å². The Morgan fingerprint density at radius 1 is 1.35 bits per heavy atom. The Hall–Kier alpha value is -1.15. The number of hydrogen-bond donors (Lipinski definition) is 0. The molecule has 2 nitrogen and oxygen atoms in total. The summed E-state index contributed by atoms with van der Waals surface area (Å²) in [6.45, 7) is 5.68. The van der Waals surface area contributed by atoms with E-state index in [4.69, 9.17) is 0 Å². The molecule has 0 radical (unpaired) electrons. The maximum absolute atomic E-state index is 12.1. The van der Waals surface area contributed by atoms with Gasteiger partial charge in [-0.2, -0.15) is 0 Å². The average molecular weight is 231 g/mol. The molecule has 0 N–H and O–H groups in total. The number of carbonyl (C=O) groups is 1. The molecule has 1 aliphatic carbocycles. The molecule has 0 aromatic heterocycles. The Bertz CT molecular complexity index is 421. The van der Waals surface area contributed by atoms with Gasteiger partial charge in [0.1, 0.15) is 0 Å². The first-order valence-corrected chi connectivity index (χ1v) is 6.35. The van der Waals surface area contributed by atoms with E-state index in [0.717, 1.165) is 23.6 Å². The van der Waals surface area contributed by atoms with E-state index in [-0.39, 0.29) is 5.78 Å². The lowest BCUT2D eigenvalue weighted by atomic mass is 10.0. The molecular formula is C15H21NO. The van der Waals surface area contributed by atoms with Crippen LogP contribution in [0.3, 0.4) is 0 Å². The quantitative estimate of drug-likeness (QED) is 0.726. The first-order chi connectivity index (χ1) is 8.06. The molecule has 0 atom stereocenters. The van der Waals surface area contributed by atoms with Crippen LogP contribution in [-0.2, 0) is 0 Å². The third-order valence-electron chi connectivity index (χ3n) is 3.36. The number of aryl methyl sites for hydroxylation is 2. The Labute approximate surface area is 104 Å². The SMILES string of the molecule is Cc1ccc(C(=O)CN(C)CC2CC2)c(C)c1. The van der Waals surface area contributed by atoms with Crippen molar-refractivity contribution in [1.82, 2.24) is 4.90 Å². The molecule has 1 fully saturated rings. The number of carbonyl (C=O) groups excluding carboxylic acids is 1. The van der Waals surface area contributed by atoms with Crippen LogP contribution in [0.2, 0.25) is 0 Å².